The Morgan fingerprint density at radius 2 is 1.13 bits per heavy atom. The van der Waals surface area contributed by atoms with E-state index in [1.807, 2.05) is 24.3 Å². The summed E-state index contributed by atoms with van der Waals surface area (Å²) in [4.78, 5) is 0. The van der Waals surface area contributed by atoms with Crippen molar-refractivity contribution >= 4 is 0 Å². The van der Waals surface area contributed by atoms with Crippen molar-refractivity contribution in [3.05, 3.63) is 137 Å². The van der Waals surface area contributed by atoms with Crippen LogP contribution in [0.4, 0.5) is 35.1 Å². The lowest BCUT2D eigenvalue weighted by molar-refractivity contribution is -0.187. The van der Waals surface area contributed by atoms with Crippen LogP contribution in [0, 0.1) is 34.9 Å². The first kappa shape index (κ1) is 31.8. The predicted octanol–water partition coefficient (Wildman–Crippen LogP) is 11.4. The summed E-state index contributed by atoms with van der Waals surface area (Å²) in [5.74, 6) is -8.53. The number of aryl methyl sites for hydroxylation is 1. The Labute approximate surface area is 254 Å². The second-order valence-electron chi connectivity index (χ2n) is 10.6. The van der Waals surface area contributed by atoms with Crippen LogP contribution in [0.15, 0.2) is 91.0 Å². The van der Waals surface area contributed by atoms with Crippen molar-refractivity contribution in [2.24, 2.45) is 0 Å². The first-order valence-electron chi connectivity index (χ1n) is 14.2. The van der Waals surface area contributed by atoms with Crippen molar-refractivity contribution in [1.29, 1.82) is 0 Å². The third-order valence-electron chi connectivity index (χ3n) is 7.39. The van der Waals surface area contributed by atoms with E-state index in [1.165, 1.54) is 17.7 Å². The van der Waals surface area contributed by atoms with E-state index in [4.69, 9.17) is 0 Å². The van der Waals surface area contributed by atoms with Crippen LogP contribution in [0.2, 0.25) is 0 Å². The maximum atomic E-state index is 15.1. The fourth-order valence-electron chi connectivity index (χ4n) is 5.03. The average Bonchev–Trinajstić information content (AvgIpc) is 2.98. The molecular formula is C36H26F8O. The Hall–Kier alpha value is -4.66. The molecule has 5 rings (SSSR count). The number of benzene rings is 5. The largest absolute Gasteiger partial charge is 0.429 e. The molecular weight excluding hydrogens is 600 g/mol. The summed E-state index contributed by atoms with van der Waals surface area (Å²) < 4.78 is 121. The van der Waals surface area contributed by atoms with Gasteiger partial charge < -0.3 is 4.74 Å². The Bertz CT molecular complexity index is 1810. The van der Waals surface area contributed by atoms with Crippen molar-refractivity contribution in [2.45, 2.75) is 38.7 Å². The molecule has 1 nitrogen and oxygen atoms in total. The molecule has 0 aromatic heterocycles. The quantitative estimate of drug-likeness (QED) is 0.111. The third-order valence-corrected chi connectivity index (χ3v) is 7.39. The number of hydrogen-bond donors (Lipinski definition) is 0. The zero-order chi connectivity index (χ0) is 32.3. The number of unbranched alkanes of at least 4 members (excludes halogenated alkanes) is 2. The average molecular weight is 627 g/mol. The van der Waals surface area contributed by atoms with Crippen LogP contribution in [0.5, 0.6) is 5.75 Å². The lowest BCUT2D eigenvalue weighted by Gasteiger charge is -2.20. The number of halogens is 8. The molecule has 0 N–H and O–H groups in total. The van der Waals surface area contributed by atoms with Gasteiger partial charge >= 0.3 is 6.11 Å². The second-order valence-corrected chi connectivity index (χ2v) is 10.6. The molecule has 45 heavy (non-hydrogen) atoms. The predicted molar refractivity (Wildman–Crippen MR) is 157 cm³/mol. The Morgan fingerprint density at radius 1 is 0.533 bits per heavy atom. The van der Waals surface area contributed by atoms with Crippen LogP contribution in [-0.4, -0.2) is 0 Å². The first-order chi connectivity index (χ1) is 21.5. The molecule has 0 spiro atoms. The SMILES string of the molecule is CCCCCc1ccc(-c2ccc(-c3ccc(C(F)(F)Oc4cc(F)c(-c5ccc(F)c(F)c5)c(F)c4)c(F)c3)c(F)c2)cc1. The lowest BCUT2D eigenvalue weighted by Crippen LogP contribution is -2.23. The van der Waals surface area contributed by atoms with E-state index in [0.29, 0.717) is 42.0 Å². The molecule has 0 amide bonds. The molecule has 0 atom stereocenters. The van der Waals surface area contributed by atoms with Gasteiger partial charge in [-0.25, -0.2) is 26.3 Å². The van der Waals surface area contributed by atoms with E-state index >= 15 is 4.39 Å². The van der Waals surface area contributed by atoms with Gasteiger partial charge in [0.15, 0.2) is 11.6 Å². The highest BCUT2D eigenvalue weighted by Gasteiger charge is 2.38. The number of ether oxygens (including phenoxy) is 1. The molecule has 0 bridgehead atoms. The molecule has 0 aliphatic heterocycles. The van der Waals surface area contributed by atoms with Crippen LogP contribution in [-0.2, 0) is 12.5 Å². The highest BCUT2D eigenvalue weighted by Crippen LogP contribution is 2.38. The Morgan fingerprint density at radius 3 is 1.76 bits per heavy atom. The van der Waals surface area contributed by atoms with E-state index in [1.54, 1.807) is 6.07 Å². The van der Waals surface area contributed by atoms with Crippen molar-refractivity contribution < 1.29 is 39.9 Å². The molecule has 0 saturated heterocycles. The van der Waals surface area contributed by atoms with Gasteiger partial charge in [-0.3, -0.25) is 0 Å². The molecule has 0 aliphatic rings. The van der Waals surface area contributed by atoms with E-state index < -0.39 is 57.9 Å². The summed E-state index contributed by atoms with van der Waals surface area (Å²) in [6.45, 7) is 2.13. The molecule has 9 heteroatoms. The minimum atomic E-state index is -4.39. The molecule has 0 unspecified atom stereocenters. The number of alkyl halides is 2. The normalized spacial score (nSPS) is 11.6. The molecule has 0 aliphatic carbocycles. The van der Waals surface area contributed by atoms with Gasteiger partial charge in [-0.2, -0.15) is 8.78 Å². The topological polar surface area (TPSA) is 9.23 Å². The Kier molecular flexibility index (Phi) is 9.27. The lowest BCUT2D eigenvalue weighted by atomic mass is 9.97. The van der Waals surface area contributed by atoms with Crippen LogP contribution < -0.4 is 4.74 Å². The minimum absolute atomic E-state index is 0.0182. The van der Waals surface area contributed by atoms with Gasteiger partial charge in [-0.15, -0.1) is 0 Å². The van der Waals surface area contributed by atoms with Gasteiger partial charge in [0.1, 0.15) is 29.0 Å². The number of hydrogen-bond acceptors (Lipinski definition) is 1. The van der Waals surface area contributed by atoms with Gasteiger partial charge in [0.05, 0.1) is 11.1 Å². The summed E-state index contributed by atoms with van der Waals surface area (Å²) in [6, 6.07) is 17.5. The van der Waals surface area contributed by atoms with E-state index in [0.717, 1.165) is 43.4 Å². The van der Waals surface area contributed by atoms with Crippen molar-refractivity contribution in [3.63, 3.8) is 0 Å². The highest BCUT2D eigenvalue weighted by atomic mass is 19.3. The molecule has 0 heterocycles. The fourth-order valence-corrected chi connectivity index (χ4v) is 5.03. The smallest absolute Gasteiger partial charge is 0.429 e. The zero-order valence-corrected chi connectivity index (χ0v) is 23.9. The first-order valence-corrected chi connectivity index (χ1v) is 14.2. The molecule has 0 saturated carbocycles. The summed E-state index contributed by atoms with van der Waals surface area (Å²) in [5, 5.41) is 0. The summed E-state index contributed by atoms with van der Waals surface area (Å²) >= 11 is 0. The summed E-state index contributed by atoms with van der Waals surface area (Å²) in [6.07, 6.45) is -0.101. The molecule has 0 radical (unpaired) electrons. The van der Waals surface area contributed by atoms with Crippen LogP contribution in [0.25, 0.3) is 33.4 Å². The van der Waals surface area contributed by atoms with Gasteiger partial charge in [0, 0.05) is 17.7 Å². The molecule has 232 valence electrons. The fraction of sp³-hybridized carbons (Fsp3) is 0.167. The maximum Gasteiger partial charge on any atom is 0.429 e. The zero-order valence-electron chi connectivity index (χ0n) is 23.9. The van der Waals surface area contributed by atoms with E-state index in [9.17, 15) is 30.7 Å². The van der Waals surface area contributed by atoms with Gasteiger partial charge in [-0.1, -0.05) is 68.3 Å². The van der Waals surface area contributed by atoms with Crippen molar-refractivity contribution in [2.75, 3.05) is 0 Å². The van der Waals surface area contributed by atoms with E-state index in [-0.39, 0.29) is 16.7 Å². The van der Waals surface area contributed by atoms with Crippen molar-refractivity contribution in [1.82, 2.24) is 0 Å². The summed E-state index contributed by atoms with van der Waals surface area (Å²) in [5.41, 5.74) is 0.0684. The van der Waals surface area contributed by atoms with Gasteiger partial charge in [-0.05, 0) is 71.0 Å². The molecule has 5 aromatic carbocycles. The third kappa shape index (κ3) is 7.03. The number of rotatable bonds is 10. The highest BCUT2D eigenvalue weighted by molar-refractivity contribution is 5.71. The van der Waals surface area contributed by atoms with Gasteiger partial charge in [0.2, 0.25) is 0 Å². The maximum absolute atomic E-state index is 15.1. The van der Waals surface area contributed by atoms with Gasteiger partial charge in [0.25, 0.3) is 0 Å². The standard InChI is InChI=1S/C36H26F8O/c1-2-3-4-5-21-6-8-22(9-7-21)23-10-13-27(30(38)16-23)24-11-14-28(31(39)17-24)36(43,44)45-26-19-33(41)35(34(42)20-26)25-12-15-29(37)32(40)18-25/h6-20H,2-5H2,1H3. The van der Waals surface area contributed by atoms with Crippen LogP contribution >= 0.6 is 0 Å². The molecule has 5 aromatic rings. The van der Waals surface area contributed by atoms with Crippen molar-refractivity contribution in [3.8, 4) is 39.1 Å². The summed E-state index contributed by atoms with van der Waals surface area (Å²) in [7, 11) is 0. The van der Waals surface area contributed by atoms with E-state index in [2.05, 4.69) is 11.7 Å². The monoisotopic (exact) mass is 626 g/mol. The minimum Gasteiger partial charge on any atom is -0.429 e. The second kappa shape index (κ2) is 13.1. The molecule has 0 fully saturated rings. The van der Waals surface area contributed by atoms with Crippen LogP contribution in [0.1, 0.15) is 37.3 Å². The van der Waals surface area contributed by atoms with Crippen LogP contribution in [0.3, 0.4) is 0 Å². The Balaban J connectivity index is 1.34.